The number of para-hydroxylation sites is 1. The van der Waals surface area contributed by atoms with Gasteiger partial charge in [-0.3, -0.25) is 0 Å². The summed E-state index contributed by atoms with van der Waals surface area (Å²) in [6, 6.07) is 57.4. The second-order valence-corrected chi connectivity index (χ2v) is 13.8. The summed E-state index contributed by atoms with van der Waals surface area (Å²) in [5.74, 6) is 0. The van der Waals surface area contributed by atoms with E-state index in [1.807, 2.05) is 138 Å². The summed E-state index contributed by atoms with van der Waals surface area (Å²) in [4.78, 5) is 1.85. The molecule has 3 heteroatoms. The lowest BCUT2D eigenvalue weighted by molar-refractivity contribution is 0.669. The first-order valence-electron chi connectivity index (χ1n) is 20.3. The Bertz CT molecular complexity index is 3400. The molecule has 0 aliphatic heterocycles. The summed E-state index contributed by atoms with van der Waals surface area (Å²) in [6.45, 7) is 0. The fourth-order valence-electron chi connectivity index (χ4n) is 7.84. The average Bonchev–Trinajstić information content (AvgIpc) is 3.87. The highest BCUT2D eigenvalue weighted by Gasteiger charge is 2.21. The van der Waals surface area contributed by atoms with Crippen LogP contribution >= 0.6 is 0 Å². The third kappa shape index (κ3) is 5.28. The molecule has 11 rings (SSSR count). The largest absolute Gasteiger partial charge is 0.456 e. The topological polar surface area (TPSA) is 29.5 Å². The van der Waals surface area contributed by atoms with E-state index in [1.54, 1.807) is 0 Å². The fourth-order valence-corrected chi connectivity index (χ4v) is 7.84. The van der Waals surface area contributed by atoms with E-state index in [4.69, 9.17) is 8.83 Å². The zero-order chi connectivity index (χ0) is 39.8. The standard InChI is InChI=1S/C52H33NO2/c1-2-9-34(10-3-1)35-17-19-36(20-18-35)37-21-27-41(28-22-37)53(47-14-8-16-49-51(47)46-32-25-39-11-4-5-12-43(39)52(46)55-49)42-29-23-38(24-30-42)40-26-31-45-44-13-6-7-15-48(44)54-50(45)33-40/h1-33H/i21D,22D,27D,28D. The predicted octanol–water partition coefficient (Wildman–Crippen LogP) is 15.1. The van der Waals surface area contributed by atoms with Gasteiger partial charge < -0.3 is 13.7 Å². The minimum absolute atomic E-state index is 0.121. The summed E-state index contributed by atoms with van der Waals surface area (Å²) in [6.07, 6.45) is 0. The lowest BCUT2D eigenvalue weighted by Crippen LogP contribution is -2.10. The molecule has 9 aromatic carbocycles. The van der Waals surface area contributed by atoms with Crippen molar-refractivity contribution >= 4 is 71.7 Å². The highest BCUT2D eigenvalue weighted by Crippen LogP contribution is 2.45. The Morgan fingerprint density at radius 2 is 0.964 bits per heavy atom. The van der Waals surface area contributed by atoms with Crippen molar-refractivity contribution in [2.75, 3.05) is 4.90 Å². The molecule has 0 fully saturated rings. The molecular weight excluding hydrogens is 671 g/mol. The Morgan fingerprint density at radius 3 is 1.78 bits per heavy atom. The molecule has 55 heavy (non-hydrogen) atoms. The SMILES string of the molecule is [2H]c1c([2H])c(N(c2ccc(-c3ccc4c(c3)oc3ccccc34)cc2)c2cccc3oc4c5ccccc5ccc4c23)c([2H])c([2H])c1-c1ccc(-c2ccccc2)cc1. The number of benzene rings is 9. The van der Waals surface area contributed by atoms with Crippen molar-refractivity contribution in [3.05, 3.63) is 200 Å². The molecule has 11 aromatic rings. The fraction of sp³-hybridized carbons (Fsp3) is 0. The summed E-state index contributed by atoms with van der Waals surface area (Å²) < 4.78 is 50.8. The van der Waals surface area contributed by atoms with Crippen LogP contribution < -0.4 is 4.90 Å². The van der Waals surface area contributed by atoms with E-state index in [0.29, 0.717) is 22.5 Å². The normalized spacial score (nSPS) is 12.7. The Kier molecular flexibility index (Phi) is 6.27. The zero-order valence-electron chi connectivity index (χ0n) is 33.5. The van der Waals surface area contributed by atoms with Gasteiger partial charge in [-0.1, -0.05) is 139 Å². The van der Waals surface area contributed by atoms with Crippen LogP contribution in [0.1, 0.15) is 5.48 Å². The Balaban J connectivity index is 1.09. The first-order chi connectivity index (χ1) is 28.9. The first kappa shape index (κ1) is 27.3. The van der Waals surface area contributed by atoms with Crippen LogP contribution in [0.4, 0.5) is 17.1 Å². The minimum atomic E-state index is -0.150. The molecule has 0 aliphatic carbocycles. The summed E-state index contributed by atoms with van der Waals surface area (Å²) >= 11 is 0. The van der Waals surface area contributed by atoms with Gasteiger partial charge in [-0.25, -0.2) is 0 Å². The van der Waals surface area contributed by atoms with Crippen molar-refractivity contribution in [1.29, 1.82) is 0 Å². The van der Waals surface area contributed by atoms with Crippen LogP contribution in [0.2, 0.25) is 0 Å². The third-order valence-corrected chi connectivity index (χ3v) is 10.6. The van der Waals surface area contributed by atoms with Gasteiger partial charge in [0.25, 0.3) is 0 Å². The van der Waals surface area contributed by atoms with E-state index in [1.165, 1.54) is 0 Å². The molecule has 0 radical (unpaired) electrons. The summed E-state index contributed by atoms with van der Waals surface area (Å²) in [5.41, 5.74) is 9.39. The molecule has 0 N–H and O–H groups in total. The predicted molar refractivity (Wildman–Crippen MR) is 229 cm³/mol. The van der Waals surface area contributed by atoms with Gasteiger partial charge in [0.05, 0.1) is 16.6 Å². The van der Waals surface area contributed by atoms with Crippen LogP contribution in [0.3, 0.4) is 0 Å². The molecular formula is C52H33NO2. The van der Waals surface area contributed by atoms with Gasteiger partial charge in [-0.2, -0.15) is 0 Å². The quantitative estimate of drug-likeness (QED) is 0.172. The van der Waals surface area contributed by atoms with E-state index in [2.05, 4.69) is 42.5 Å². The monoisotopic (exact) mass is 707 g/mol. The van der Waals surface area contributed by atoms with E-state index >= 15 is 0 Å². The maximum absolute atomic E-state index is 9.60. The molecule has 0 saturated heterocycles. The highest BCUT2D eigenvalue weighted by atomic mass is 16.3. The molecule has 2 aromatic heterocycles. The Labute approximate surface area is 323 Å². The van der Waals surface area contributed by atoms with Crippen LogP contribution in [0.15, 0.2) is 209 Å². The van der Waals surface area contributed by atoms with Crippen molar-refractivity contribution in [2.45, 2.75) is 0 Å². The molecule has 0 atom stereocenters. The summed E-state index contributed by atoms with van der Waals surface area (Å²) in [7, 11) is 0. The van der Waals surface area contributed by atoms with Crippen LogP contribution in [-0.2, 0) is 0 Å². The second kappa shape index (κ2) is 12.6. The molecule has 258 valence electrons. The molecule has 0 saturated carbocycles. The van der Waals surface area contributed by atoms with Crippen molar-refractivity contribution < 1.29 is 14.3 Å². The number of hydrogen-bond acceptors (Lipinski definition) is 3. The first-order valence-corrected chi connectivity index (χ1v) is 18.3. The van der Waals surface area contributed by atoms with Crippen molar-refractivity contribution in [1.82, 2.24) is 0 Å². The molecule has 0 bridgehead atoms. The number of fused-ring (bicyclic) bond motifs is 8. The lowest BCUT2D eigenvalue weighted by Gasteiger charge is -2.26. The van der Waals surface area contributed by atoms with E-state index in [9.17, 15) is 5.48 Å². The van der Waals surface area contributed by atoms with Gasteiger partial charge in [0.2, 0.25) is 0 Å². The van der Waals surface area contributed by atoms with E-state index in [-0.39, 0.29) is 35.4 Å². The number of nitrogens with zero attached hydrogens (tertiary/aromatic N) is 1. The molecule has 3 nitrogen and oxygen atoms in total. The molecule has 0 spiro atoms. The number of hydrogen-bond donors (Lipinski definition) is 0. The Morgan fingerprint density at radius 1 is 0.364 bits per heavy atom. The molecule has 0 unspecified atom stereocenters. The van der Waals surface area contributed by atoms with Gasteiger partial charge in [0.1, 0.15) is 22.3 Å². The zero-order valence-corrected chi connectivity index (χ0v) is 29.5. The van der Waals surface area contributed by atoms with Gasteiger partial charge >= 0.3 is 0 Å². The number of anilines is 3. The van der Waals surface area contributed by atoms with Gasteiger partial charge in [-0.15, -0.1) is 0 Å². The van der Waals surface area contributed by atoms with Crippen LogP contribution in [0.25, 0.3) is 88.0 Å². The molecule has 2 heterocycles. The average molecular weight is 708 g/mol. The molecule has 0 amide bonds. The summed E-state index contributed by atoms with van der Waals surface area (Å²) in [5, 5.41) is 5.87. The lowest BCUT2D eigenvalue weighted by atomic mass is 9.99. The van der Waals surface area contributed by atoms with Crippen LogP contribution in [0, 0.1) is 0 Å². The van der Waals surface area contributed by atoms with Gasteiger partial charge in [0.15, 0.2) is 0 Å². The Hall–Kier alpha value is -7.36. The highest BCUT2D eigenvalue weighted by molar-refractivity contribution is 6.19. The maximum Gasteiger partial charge on any atom is 0.143 e. The maximum atomic E-state index is 9.60. The smallest absolute Gasteiger partial charge is 0.143 e. The third-order valence-electron chi connectivity index (χ3n) is 10.6. The number of furan rings is 2. The van der Waals surface area contributed by atoms with Crippen LogP contribution in [0.5, 0.6) is 0 Å². The van der Waals surface area contributed by atoms with E-state index in [0.717, 1.165) is 71.3 Å². The van der Waals surface area contributed by atoms with Crippen molar-refractivity contribution in [3.63, 3.8) is 0 Å². The van der Waals surface area contributed by atoms with E-state index < -0.39 is 0 Å². The van der Waals surface area contributed by atoms with Gasteiger partial charge in [-0.05, 0) is 99.4 Å². The van der Waals surface area contributed by atoms with Crippen molar-refractivity contribution in [3.8, 4) is 33.4 Å². The minimum Gasteiger partial charge on any atom is -0.456 e. The van der Waals surface area contributed by atoms with Crippen molar-refractivity contribution in [2.24, 2.45) is 0 Å². The van der Waals surface area contributed by atoms with Gasteiger partial charge in [0, 0.05) is 32.9 Å². The van der Waals surface area contributed by atoms with Crippen LogP contribution in [-0.4, -0.2) is 0 Å². The number of rotatable bonds is 6. The second-order valence-electron chi connectivity index (χ2n) is 13.8. The molecule has 0 aliphatic rings.